The molecule has 0 fully saturated rings. The van der Waals surface area contributed by atoms with Crippen LogP contribution in [0.3, 0.4) is 0 Å². The van der Waals surface area contributed by atoms with Crippen LogP contribution in [0.4, 0.5) is 5.69 Å². The lowest BCUT2D eigenvalue weighted by molar-refractivity contribution is -0.120. The van der Waals surface area contributed by atoms with Crippen LogP contribution in [0.25, 0.3) is 0 Å². The summed E-state index contributed by atoms with van der Waals surface area (Å²) < 4.78 is 6.20. The van der Waals surface area contributed by atoms with Gasteiger partial charge in [-0.05, 0) is 26.4 Å². The van der Waals surface area contributed by atoms with Crippen LogP contribution in [-0.4, -0.2) is 33.4 Å². The number of anilines is 1. The Kier molecular flexibility index (Phi) is 4.80. The van der Waals surface area contributed by atoms with Crippen LogP contribution in [0.15, 0.2) is 24.3 Å². The van der Waals surface area contributed by atoms with Crippen molar-refractivity contribution in [3.63, 3.8) is 0 Å². The number of amides is 1. The molecule has 123 valence electrons. The maximum absolute atomic E-state index is 12.4. The Morgan fingerprint density at radius 3 is 2.59 bits per heavy atom. The van der Waals surface area contributed by atoms with Crippen molar-refractivity contribution in [3.8, 4) is 0 Å². The van der Waals surface area contributed by atoms with E-state index in [0.29, 0.717) is 19.6 Å². The zero-order valence-corrected chi connectivity index (χ0v) is 15.3. The third kappa shape index (κ3) is 3.42. The lowest BCUT2D eigenvalue weighted by Crippen LogP contribution is -2.51. The van der Waals surface area contributed by atoms with Gasteiger partial charge in [0.15, 0.2) is 0 Å². The predicted octanol–water partition coefficient (Wildman–Crippen LogP) is 2.92. The largest absolute Gasteiger partial charge is 0.563 e. The molecular weight excluding hydrogens is 292 g/mol. The summed E-state index contributed by atoms with van der Waals surface area (Å²) >= 11 is 0. The van der Waals surface area contributed by atoms with Crippen molar-refractivity contribution in [3.05, 3.63) is 29.8 Å². The van der Waals surface area contributed by atoms with Gasteiger partial charge in [0.05, 0.1) is 6.04 Å². The predicted molar refractivity (Wildman–Crippen MR) is 93.6 cm³/mol. The molecule has 1 aliphatic rings. The molecule has 1 heterocycles. The van der Waals surface area contributed by atoms with E-state index in [9.17, 15) is 4.79 Å². The maximum atomic E-state index is 12.4. The number of hydrogen-bond donors (Lipinski definition) is 1. The highest BCUT2D eigenvalue weighted by Crippen LogP contribution is 2.36. The fourth-order valence-electron chi connectivity index (χ4n) is 2.43. The summed E-state index contributed by atoms with van der Waals surface area (Å²) in [4.78, 5) is 14.2. The average Bonchev–Trinajstić information content (AvgIpc) is 2.41. The normalized spacial score (nSPS) is 19.3. The zero-order valence-electron chi connectivity index (χ0n) is 14.3. The molecule has 0 spiro atoms. The molecule has 0 aromatic heterocycles. The number of carbonyl (C=O) groups excluding carboxylic acids is 1. The first-order valence-electron chi connectivity index (χ1n) is 7.92. The van der Waals surface area contributed by atoms with E-state index in [-0.39, 0.29) is 10.9 Å². The van der Waals surface area contributed by atoms with Gasteiger partial charge in [0.25, 0.3) is 0 Å². The van der Waals surface area contributed by atoms with E-state index in [1.807, 2.05) is 24.3 Å². The first kappa shape index (κ1) is 17.2. The van der Waals surface area contributed by atoms with Gasteiger partial charge in [-0.2, -0.15) is 0 Å². The number of nitrogens with zero attached hydrogens (tertiary/aromatic N) is 1. The molecule has 1 aliphatic heterocycles. The van der Waals surface area contributed by atoms with E-state index in [1.54, 1.807) is 4.90 Å². The molecule has 1 aromatic carbocycles. The van der Waals surface area contributed by atoms with Crippen LogP contribution in [0.1, 0.15) is 26.3 Å². The monoisotopic (exact) mass is 320 g/mol. The molecule has 1 atom stereocenters. The first-order chi connectivity index (χ1) is 10.1. The summed E-state index contributed by atoms with van der Waals surface area (Å²) in [5.41, 5.74) is 8.11. The van der Waals surface area contributed by atoms with Crippen molar-refractivity contribution in [1.29, 1.82) is 0 Å². The summed E-state index contributed by atoms with van der Waals surface area (Å²) in [7, 11) is -1.79. The molecule has 0 saturated heterocycles. The highest BCUT2D eigenvalue weighted by atomic mass is 28.4. The quantitative estimate of drug-likeness (QED) is 0.868. The Bertz CT molecular complexity index is 552. The third-order valence-corrected chi connectivity index (χ3v) is 9.43. The molecule has 0 radical (unpaired) electrons. The van der Waals surface area contributed by atoms with E-state index in [1.165, 1.54) is 0 Å². The summed E-state index contributed by atoms with van der Waals surface area (Å²) in [6.45, 7) is 12.2. The Morgan fingerprint density at radius 1 is 1.32 bits per heavy atom. The van der Waals surface area contributed by atoms with Gasteiger partial charge in [-0.3, -0.25) is 4.79 Å². The van der Waals surface area contributed by atoms with E-state index in [2.05, 4.69) is 33.9 Å². The van der Waals surface area contributed by atoms with Crippen LogP contribution >= 0.6 is 0 Å². The number of hydrogen-bond acceptors (Lipinski definition) is 3. The topological polar surface area (TPSA) is 55.6 Å². The van der Waals surface area contributed by atoms with Crippen molar-refractivity contribution in [2.24, 2.45) is 5.73 Å². The molecule has 0 aliphatic carbocycles. The van der Waals surface area contributed by atoms with Crippen LogP contribution in [0.2, 0.25) is 18.1 Å². The molecule has 1 amide bonds. The lowest BCUT2D eigenvalue weighted by Gasteiger charge is -2.48. The number of benzene rings is 1. The van der Waals surface area contributed by atoms with Crippen LogP contribution in [0.5, 0.6) is 0 Å². The number of carbonyl (C=O) groups is 1. The molecule has 2 N–H and O–H groups in total. The summed E-state index contributed by atoms with van der Waals surface area (Å²) in [6.07, 6.45) is 0.620. The van der Waals surface area contributed by atoms with E-state index >= 15 is 0 Å². The fraction of sp³-hybridized carbons (Fsp3) is 0.588. The first-order valence-corrected chi connectivity index (χ1v) is 10.8. The van der Waals surface area contributed by atoms with E-state index in [0.717, 1.165) is 11.3 Å². The minimum Gasteiger partial charge on any atom is -0.563 e. The van der Waals surface area contributed by atoms with E-state index < -0.39 is 14.4 Å². The van der Waals surface area contributed by atoms with Gasteiger partial charge in [-0.1, -0.05) is 39.0 Å². The third-order valence-electron chi connectivity index (χ3n) is 4.89. The number of rotatable bonds is 4. The number of nitrogens with two attached hydrogens (primary N) is 1. The average molecular weight is 321 g/mol. The van der Waals surface area contributed by atoms with Crippen LogP contribution in [0, 0.1) is 0 Å². The highest BCUT2D eigenvalue weighted by molar-refractivity contribution is 6.74. The highest BCUT2D eigenvalue weighted by Gasteiger charge is 2.30. The molecule has 2 rings (SSSR count). The van der Waals surface area contributed by atoms with Gasteiger partial charge in [0.2, 0.25) is 5.91 Å². The molecular formula is C17H28N2O2Si-. The summed E-state index contributed by atoms with van der Waals surface area (Å²) in [6, 6.07) is 7.55. The second-order valence-electron chi connectivity index (χ2n) is 7.54. The van der Waals surface area contributed by atoms with Gasteiger partial charge >= 0.3 is 0 Å². The van der Waals surface area contributed by atoms with Gasteiger partial charge in [-0.15, -0.1) is 18.1 Å². The number of para-hydroxylation sites is 1. The van der Waals surface area contributed by atoms with E-state index in [4.69, 9.17) is 10.2 Å². The minimum absolute atomic E-state index is 0.00229. The Hall–Kier alpha value is -1.17. The summed E-state index contributed by atoms with van der Waals surface area (Å²) in [5, 5.41) is 0.174. The zero-order chi connectivity index (χ0) is 16.5. The Morgan fingerprint density at radius 2 is 1.95 bits per heavy atom. The van der Waals surface area contributed by atoms with Gasteiger partial charge in [-0.25, -0.2) is 0 Å². The van der Waals surface area contributed by atoms with Gasteiger partial charge in [0, 0.05) is 18.8 Å². The Balaban J connectivity index is 2.08. The standard InChI is InChI=1S/C17H28N2O2Si/c1-17(2,3)22(4,5)21-11-10-19-15-9-7-6-8-13(15)12-14(18)16(19)20/h6-9,14H,10-12,18H2,1-5H3/q-1/t14-/m1/s1. The smallest absolute Gasteiger partial charge is 0.244 e. The van der Waals surface area contributed by atoms with Crippen molar-refractivity contribution >= 4 is 19.9 Å². The molecule has 1 aromatic rings. The summed E-state index contributed by atoms with van der Waals surface area (Å²) in [5.74, 6) is -0.00229. The Labute approximate surface area is 134 Å². The minimum atomic E-state index is -1.79. The van der Waals surface area contributed by atoms with Crippen molar-refractivity contribution < 1.29 is 9.22 Å². The van der Waals surface area contributed by atoms with Crippen molar-refractivity contribution in [1.82, 2.24) is 0 Å². The van der Waals surface area contributed by atoms with Crippen molar-refractivity contribution in [2.75, 3.05) is 18.1 Å². The molecule has 0 bridgehead atoms. The molecule has 0 unspecified atom stereocenters. The fourth-order valence-corrected chi connectivity index (χ4v) is 3.46. The SMILES string of the molecule is CC(C)(C)[Si-](C)(C)OCCN1C(=O)[C@H](N)Cc2ccccc21. The molecule has 4 nitrogen and oxygen atoms in total. The number of fused-ring (bicyclic) bond motifs is 1. The lowest BCUT2D eigenvalue weighted by atomic mass is 9.98. The molecule has 5 heteroatoms. The molecule has 0 saturated carbocycles. The van der Waals surface area contributed by atoms with Crippen LogP contribution in [-0.2, 0) is 15.6 Å². The van der Waals surface area contributed by atoms with Gasteiger partial charge < -0.3 is 15.1 Å². The second kappa shape index (κ2) is 6.14. The molecule has 22 heavy (non-hydrogen) atoms. The maximum Gasteiger partial charge on any atom is 0.244 e. The van der Waals surface area contributed by atoms with Crippen LogP contribution < -0.4 is 10.6 Å². The second-order valence-corrected chi connectivity index (χ2v) is 12.3. The van der Waals surface area contributed by atoms with Gasteiger partial charge in [0.1, 0.15) is 0 Å². The van der Waals surface area contributed by atoms with Crippen molar-refractivity contribution in [2.45, 2.75) is 51.4 Å².